The minimum atomic E-state index is 0.627. The molecule has 0 saturated heterocycles. The van der Waals surface area contributed by atoms with Crippen LogP contribution in [-0.2, 0) is 0 Å². The molecule has 0 aliphatic carbocycles. The fourth-order valence-electron chi connectivity index (χ4n) is 1.44. The average Bonchev–Trinajstić information content (AvgIpc) is 2.33. The molecule has 0 amide bonds. The van der Waals surface area contributed by atoms with Crippen LogP contribution >= 0.6 is 0 Å². The molecule has 0 radical (unpaired) electrons. The third-order valence-corrected chi connectivity index (χ3v) is 3.51. The molecule has 0 bridgehead atoms. The van der Waals surface area contributed by atoms with Crippen molar-refractivity contribution in [2.24, 2.45) is 0 Å². The second kappa shape index (κ2) is 2.64. The van der Waals surface area contributed by atoms with Crippen molar-refractivity contribution < 1.29 is 0 Å². The van der Waals surface area contributed by atoms with Gasteiger partial charge in [-0.3, -0.25) is 0 Å². The number of hydrogen-bond acceptors (Lipinski definition) is 2. The molecule has 2 aromatic heterocycles. The van der Waals surface area contributed by atoms with E-state index in [-0.39, 0.29) is 0 Å². The average molecular weight is 218 g/mol. The number of fused-ring (bicyclic) bond motifs is 1. The molecule has 2 aromatic rings. The summed E-state index contributed by atoms with van der Waals surface area (Å²) in [6, 6.07) is 2.10. The van der Waals surface area contributed by atoms with Gasteiger partial charge in [0, 0.05) is 0 Å². The molecule has 0 aromatic carbocycles. The summed E-state index contributed by atoms with van der Waals surface area (Å²) in [6.07, 6.45) is 1.90. The molecule has 60 valence electrons. The van der Waals surface area contributed by atoms with Crippen LogP contribution in [0.5, 0.6) is 0 Å². The van der Waals surface area contributed by atoms with Crippen LogP contribution in [0.3, 0.4) is 0 Å². The first-order chi connectivity index (χ1) is 5.68. The van der Waals surface area contributed by atoms with E-state index in [1.54, 1.807) is 0 Å². The van der Waals surface area contributed by atoms with Gasteiger partial charge >= 0.3 is 80.7 Å². The number of nitrogens with zero attached hydrogens (tertiary/aromatic N) is 3. The predicted molar refractivity (Wildman–Crippen MR) is 50.9 cm³/mol. The summed E-state index contributed by atoms with van der Waals surface area (Å²) in [6.45, 7) is 4.03. The monoisotopic (exact) mass is 217 g/mol. The van der Waals surface area contributed by atoms with Gasteiger partial charge in [0.15, 0.2) is 0 Å². The predicted octanol–water partition coefficient (Wildman–Crippen LogP) is 0.444. The molecule has 0 aliphatic rings. The summed E-state index contributed by atoms with van der Waals surface area (Å²) in [7, 11) is 0. The van der Waals surface area contributed by atoms with Crippen molar-refractivity contribution in [3.05, 3.63) is 23.8 Å². The van der Waals surface area contributed by atoms with Crippen molar-refractivity contribution in [3.8, 4) is 0 Å². The molecule has 2 rings (SSSR count). The Labute approximate surface area is 81.0 Å². The van der Waals surface area contributed by atoms with E-state index in [1.807, 2.05) is 20.2 Å². The molecule has 0 fully saturated rings. The molecule has 0 N–H and O–H groups in total. The Morgan fingerprint density at radius 2 is 2.17 bits per heavy atom. The zero-order chi connectivity index (χ0) is 8.72. The second-order valence-corrected chi connectivity index (χ2v) is 5.09. The molecule has 0 aliphatic heterocycles. The van der Waals surface area contributed by atoms with Gasteiger partial charge in [-0.25, -0.2) is 0 Å². The van der Waals surface area contributed by atoms with Crippen LogP contribution in [0.2, 0.25) is 0 Å². The summed E-state index contributed by atoms with van der Waals surface area (Å²) in [5, 5.41) is 0. The van der Waals surface area contributed by atoms with Crippen LogP contribution in [0.4, 0.5) is 0 Å². The van der Waals surface area contributed by atoms with Crippen molar-refractivity contribution in [1.29, 1.82) is 0 Å². The van der Waals surface area contributed by atoms with Gasteiger partial charge in [-0.1, -0.05) is 0 Å². The van der Waals surface area contributed by atoms with E-state index >= 15 is 0 Å². The molecule has 0 spiro atoms. The maximum atomic E-state index is 4.36. The quantitative estimate of drug-likeness (QED) is 0.600. The molecule has 12 heavy (non-hydrogen) atoms. The first-order valence-corrected chi connectivity index (χ1v) is 5.81. The Morgan fingerprint density at radius 1 is 1.42 bits per heavy atom. The van der Waals surface area contributed by atoms with Crippen molar-refractivity contribution >= 4 is 29.9 Å². The molecule has 0 saturated carbocycles. The zero-order valence-corrected chi connectivity index (χ0v) is 11.7. The third kappa shape index (κ3) is 1.07. The Bertz CT molecular complexity index is 433. The van der Waals surface area contributed by atoms with E-state index in [0.29, 0.717) is 18.8 Å². The summed E-state index contributed by atoms with van der Waals surface area (Å²) < 4.78 is 2.20. The Morgan fingerprint density at radius 3 is 2.92 bits per heavy atom. The number of rotatable bonds is 0. The number of aryl methyl sites for hydroxylation is 2. The van der Waals surface area contributed by atoms with Gasteiger partial charge in [-0.2, -0.15) is 0 Å². The van der Waals surface area contributed by atoms with Crippen molar-refractivity contribution in [1.82, 2.24) is 13.2 Å². The van der Waals surface area contributed by atoms with E-state index in [9.17, 15) is 0 Å². The maximum absolute atomic E-state index is 4.36. The van der Waals surface area contributed by atoms with Crippen molar-refractivity contribution in [2.45, 2.75) is 13.8 Å². The summed E-state index contributed by atoms with van der Waals surface area (Å²) in [4.78, 5) is 8.67. The Balaban J connectivity index is 2.92. The molecular formula is C8H10GaN3. The standard InChI is InChI=1S/C8H8N3.Ga.2H/c1-5-3-7-8(6(2)11-5)10-4-9-7;;;/h3-4H,1-2H3;;;/q-1;+1;;. The SMILES string of the molecule is Cc1cc2c(nc[n]2[GaH2])c(C)n1. The Kier molecular flexibility index (Phi) is 1.73. The summed E-state index contributed by atoms with van der Waals surface area (Å²) >= 11 is 0.627. The summed E-state index contributed by atoms with van der Waals surface area (Å²) in [5.41, 5.74) is 4.40. The van der Waals surface area contributed by atoms with E-state index in [4.69, 9.17) is 0 Å². The molecule has 3 nitrogen and oxygen atoms in total. The van der Waals surface area contributed by atoms with Crippen LogP contribution in [0.25, 0.3) is 11.0 Å². The van der Waals surface area contributed by atoms with E-state index in [0.717, 1.165) is 16.9 Å². The van der Waals surface area contributed by atoms with Gasteiger partial charge in [-0.15, -0.1) is 0 Å². The van der Waals surface area contributed by atoms with Gasteiger partial charge in [-0.05, 0) is 0 Å². The van der Waals surface area contributed by atoms with Crippen LogP contribution in [0.15, 0.2) is 12.4 Å². The van der Waals surface area contributed by atoms with E-state index in [2.05, 4.69) is 19.3 Å². The number of pyridine rings is 1. The van der Waals surface area contributed by atoms with Crippen LogP contribution in [0, 0.1) is 13.8 Å². The van der Waals surface area contributed by atoms with E-state index < -0.39 is 0 Å². The fourth-order valence-corrected chi connectivity index (χ4v) is 2.39. The topological polar surface area (TPSA) is 30.7 Å². The molecule has 4 heteroatoms. The summed E-state index contributed by atoms with van der Waals surface area (Å²) in [5.74, 6) is 0. The van der Waals surface area contributed by atoms with Gasteiger partial charge in [0.2, 0.25) is 0 Å². The third-order valence-electron chi connectivity index (χ3n) is 2.02. The normalized spacial score (nSPS) is 10.8. The molecule has 0 unspecified atom stereocenters. The number of hydrogen-bond donors (Lipinski definition) is 0. The van der Waals surface area contributed by atoms with E-state index in [1.165, 1.54) is 5.52 Å². The molecule has 2 heterocycles. The van der Waals surface area contributed by atoms with Crippen molar-refractivity contribution in [2.75, 3.05) is 0 Å². The fraction of sp³-hybridized carbons (Fsp3) is 0.250. The number of aromatic nitrogens is 3. The first kappa shape index (κ1) is 7.88. The van der Waals surface area contributed by atoms with Crippen molar-refractivity contribution in [3.63, 3.8) is 0 Å². The molecule has 0 atom stereocenters. The van der Waals surface area contributed by atoms with Gasteiger partial charge < -0.3 is 0 Å². The number of imidazole rings is 1. The van der Waals surface area contributed by atoms with Gasteiger partial charge in [0.25, 0.3) is 0 Å². The minimum absolute atomic E-state index is 0.627. The van der Waals surface area contributed by atoms with Crippen LogP contribution in [0.1, 0.15) is 11.4 Å². The second-order valence-electron chi connectivity index (χ2n) is 3.07. The first-order valence-electron chi connectivity index (χ1n) is 3.94. The van der Waals surface area contributed by atoms with Crippen LogP contribution in [-0.4, -0.2) is 32.1 Å². The van der Waals surface area contributed by atoms with Gasteiger partial charge in [0.05, 0.1) is 0 Å². The van der Waals surface area contributed by atoms with Gasteiger partial charge in [0.1, 0.15) is 0 Å². The van der Waals surface area contributed by atoms with Crippen LogP contribution < -0.4 is 0 Å². The Hall–Kier alpha value is -0.744. The molecular weight excluding hydrogens is 208 g/mol. The zero-order valence-electron chi connectivity index (χ0n) is 7.50.